The highest BCUT2D eigenvalue weighted by atomic mass is 16.6. The first-order chi connectivity index (χ1) is 4.47. The standard InChI is InChI=1S/C6H6N2O/c1-2-5-6(7-3-1)4-9-8-5/h1-3,8H,4H2. The smallest absolute Gasteiger partial charge is 0.119 e. The predicted molar refractivity (Wildman–Crippen MR) is 32.6 cm³/mol. The highest BCUT2D eigenvalue weighted by Gasteiger charge is 2.08. The van der Waals surface area contributed by atoms with Gasteiger partial charge in [-0.2, -0.15) is 0 Å². The Morgan fingerprint density at radius 3 is 3.56 bits per heavy atom. The number of pyridine rings is 1. The Balaban J connectivity index is 2.54. The Hall–Kier alpha value is -1.09. The first-order valence-corrected chi connectivity index (χ1v) is 2.78. The number of anilines is 1. The maximum Gasteiger partial charge on any atom is 0.119 e. The van der Waals surface area contributed by atoms with E-state index in [0.717, 1.165) is 11.4 Å². The lowest BCUT2D eigenvalue weighted by atomic mass is 10.3. The molecule has 0 amide bonds. The van der Waals surface area contributed by atoms with Crippen LogP contribution in [0.15, 0.2) is 18.3 Å². The normalized spacial score (nSPS) is 14.7. The van der Waals surface area contributed by atoms with Gasteiger partial charge in [-0.1, -0.05) is 0 Å². The number of hydrogen-bond acceptors (Lipinski definition) is 3. The van der Waals surface area contributed by atoms with Crippen molar-refractivity contribution in [3.8, 4) is 0 Å². The van der Waals surface area contributed by atoms with Gasteiger partial charge >= 0.3 is 0 Å². The van der Waals surface area contributed by atoms with Crippen LogP contribution in [-0.2, 0) is 11.4 Å². The van der Waals surface area contributed by atoms with E-state index in [9.17, 15) is 0 Å². The molecule has 0 saturated heterocycles. The third-order valence-corrected chi connectivity index (χ3v) is 1.28. The van der Waals surface area contributed by atoms with Crippen LogP contribution in [0, 0.1) is 0 Å². The topological polar surface area (TPSA) is 34.2 Å². The molecule has 3 nitrogen and oxygen atoms in total. The Morgan fingerprint density at radius 2 is 2.67 bits per heavy atom. The first kappa shape index (κ1) is 4.76. The molecular formula is C6H6N2O. The Labute approximate surface area is 52.6 Å². The largest absolute Gasteiger partial charge is 0.270 e. The molecule has 0 saturated carbocycles. The number of fused-ring (bicyclic) bond motifs is 1. The third-order valence-electron chi connectivity index (χ3n) is 1.28. The maximum atomic E-state index is 4.90. The zero-order chi connectivity index (χ0) is 6.10. The van der Waals surface area contributed by atoms with E-state index in [2.05, 4.69) is 10.5 Å². The van der Waals surface area contributed by atoms with Gasteiger partial charge in [-0.15, -0.1) is 0 Å². The molecule has 2 heterocycles. The van der Waals surface area contributed by atoms with E-state index >= 15 is 0 Å². The molecule has 0 fully saturated rings. The third kappa shape index (κ3) is 0.658. The molecule has 3 heteroatoms. The molecule has 1 aromatic rings. The van der Waals surface area contributed by atoms with Crippen LogP contribution in [0.1, 0.15) is 5.69 Å². The lowest BCUT2D eigenvalue weighted by Crippen LogP contribution is -1.86. The molecule has 1 aliphatic heterocycles. The van der Waals surface area contributed by atoms with Gasteiger partial charge < -0.3 is 0 Å². The minimum atomic E-state index is 0.580. The van der Waals surface area contributed by atoms with Gasteiger partial charge in [0.1, 0.15) is 6.61 Å². The summed E-state index contributed by atoms with van der Waals surface area (Å²) in [6.45, 7) is 0.580. The van der Waals surface area contributed by atoms with Crippen molar-refractivity contribution in [2.75, 3.05) is 5.48 Å². The summed E-state index contributed by atoms with van der Waals surface area (Å²) in [5.74, 6) is 0. The number of nitrogens with one attached hydrogen (secondary N) is 1. The molecule has 9 heavy (non-hydrogen) atoms. The van der Waals surface area contributed by atoms with Crippen molar-refractivity contribution < 1.29 is 4.84 Å². The van der Waals surface area contributed by atoms with Crippen molar-refractivity contribution in [3.63, 3.8) is 0 Å². The fraction of sp³-hybridized carbons (Fsp3) is 0.167. The summed E-state index contributed by atoms with van der Waals surface area (Å²) in [6, 6.07) is 3.82. The first-order valence-electron chi connectivity index (χ1n) is 2.78. The quantitative estimate of drug-likeness (QED) is 0.556. The van der Waals surface area contributed by atoms with Crippen molar-refractivity contribution in [2.24, 2.45) is 0 Å². The lowest BCUT2D eigenvalue weighted by Gasteiger charge is -1.91. The van der Waals surface area contributed by atoms with E-state index in [-0.39, 0.29) is 0 Å². The van der Waals surface area contributed by atoms with Crippen molar-refractivity contribution >= 4 is 5.69 Å². The molecule has 0 spiro atoms. The van der Waals surface area contributed by atoms with Crippen LogP contribution < -0.4 is 5.48 Å². The van der Waals surface area contributed by atoms with E-state index in [1.54, 1.807) is 6.20 Å². The van der Waals surface area contributed by atoms with Crippen LogP contribution in [0.3, 0.4) is 0 Å². The molecule has 0 aromatic carbocycles. The molecule has 0 unspecified atom stereocenters. The summed E-state index contributed by atoms with van der Waals surface area (Å²) in [7, 11) is 0. The van der Waals surface area contributed by atoms with E-state index < -0.39 is 0 Å². The lowest BCUT2D eigenvalue weighted by molar-refractivity contribution is 0.200. The molecule has 1 aromatic heterocycles. The summed E-state index contributed by atoms with van der Waals surface area (Å²) in [6.07, 6.45) is 1.76. The average molecular weight is 122 g/mol. The molecule has 0 bridgehead atoms. The van der Waals surface area contributed by atoms with E-state index in [0.29, 0.717) is 6.61 Å². The Morgan fingerprint density at radius 1 is 1.67 bits per heavy atom. The van der Waals surface area contributed by atoms with Crippen LogP contribution in [0.2, 0.25) is 0 Å². The Kier molecular flexibility index (Phi) is 0.899. The molecule has 2 rings (SSSR count). The molecule has 1 N–H and O–H groups in total. The number of hydrogen-bond donors (Lipinski definition) is 1. The van der Waals surface area contributed by atoms with Crippen LogP contribution in [0.5, 0.6) is 0 Å². The average Bonchev–Trinajstić information content (AvgIpc) is 2.33. The molecule has 0 radical (unpaired) electrons. The van der Waals surface area contributed by atoms with Crippen LogP contribution in [0.4, 0.5) is 5.69 Å². The van der Waals surface area contributed by atoms with Crippen LogP contribution in [0.25, 0.3) is 0 Å². The zero-order valence-corrected chi connectivity index (χ0v) is 4.79. The fourth-order valence-electron chi connectivity index (χ4n) is 0.828. The van der Waals surface area contributed by atoms with E-state index in [1.165, 1.54) is 0 Å². The van der Waals surface area contributed by atoms with Crippen LogP contribution in [-0.4, -0.2) is 4.98 Å². The maximum absolute atomic E-state index is 4.90. The molecule has 0 aliphatic carbocycles. The molecule has 1 aliphatic rings. The Bertz CT molecular complexity index is 201. The summed E-state index contributed by atoms with van der Waals surface area (Å²) >= 11 is 0. The van der Waals surface area contributed by atoms with Crippen molar-refractivity contribution in [1.82, 2.24) is 4.98 Å². The number of rotatable bonds is 0. The van der Waals surface area contributed by atoms with E-state index in [4.69, 9.17) is 4.84 Å². The fourth-order valence-corrected chi connectivity index (χ4v) is 0.828. The summed E-state index contributed by atoms with van der Waals surface area (Å²) in [5.41, 5.74) is 4.71. The number of nitrogens with zero attached hydrogens (tertiary/aromatic N) is 1. The molecule has 0 atom stereocenters. The molecular weight excluding hydrogens is 116 g/mol. The minimum Gasteiger partial charge on any atom is -0.270 e. The van der Waals surface area contributed by atoms with Gasteiger partial charge in [0.15, 0.2) is 0 Å². The van der Waals surface area contributed by atoms with Gasteiger partial charge in [0, 0.05) is 6.20 Å². The summed E-state index contributed by atoms with van der Waals surface area (Å²) in [5, 5.41) is 0. The predicted octanol–water partition coefficient (Wildman–Crippen LogP) is 0.939. The summed E-state index contributed by atoms with van der Waals surface area (Å²) in [4.78, 5) is 8.97. The van der Waals surface area contributed by atoms with E-state index in [1.807, 2.05) is 12.1 Å². The number of aromatic nitrogens is 1. The van der Waals surface area contributed by atoms with Crippen molar-refractivity contribution in [1.29, 1.82) is 0 Å². The SMILES string of the molecule is c1cnc2c(c1)NOC2. The van der Waals surface area contributed by atoms with Gasteiger partial charge in [0.2, 0.25) is 0 Å². The molecule has 46 valence electrons. The minimum absolute atomic E-state index is 0.580. The van der Waals surface area contributed by atoms with Gasteiger partial charge in [0.25, 0.3) is 0 Å². The zero-order valence-electron chi connectivity index (χ0n) is 4.79. The second-order valence-electron chi connectivity index (χ2n) is 1.89. The second kappa shape index (κ2) is 1.70. The highest BCUT2D eigenvalue weighted by molar-refractivity contribution is 5.47. The van der Waals surface area contributed by atoms with Gasteiger partial charge in [0.05, 0.1) is 11.4 Å². The van der Waals surface area contributed by atoms with Crippen molar-refractivity contribution in [3.05, 3.63) is 24.0 Å². The van der Waals surface area contributed by atoms with Gasteiger partial charge in [-0.3, -0.25) is 15.3 Å². The highest BCUT2D eigenvalue weighted by Crippen LogP contribution is 2.18. The van der Waals surface area contributed by atoms with Crippen molar-refractivity contribution in [2.45, 2.75) is 6.61 Å². The van der Waals surface area contributed by atoms with Gasteiger partial charge in [-0.05, 0) is 12.1 Å². The summed E-state index contributed by atoms with van der Waals surface area (Å²) < 4.78 is 0. The monoisotopic (exact) mass is 122 g/mol. The van der Waals surface area contributed by atoms with Crippen LogP contribution >= 0.6 is 0 Å². The second-order valence-corrected chi connectivity index (χ2v) is 1.89. The van der Waals surface area contributed by atoms with Gasteiger partial charge in [-0.25, -0.2) is 0 Å².